The van der Waals surface area contributed by atoms with E-state index in [0.717, 1.165) is 27.3 Å². The number of guanidine groups is 1. The Balaban J connectivity index is 1.95. The predicted octanol–water partition coefficient (Wildman–Crippen LogP) is 2.18. The third kappa shape index (κ3) is 3.17. The summed E-state index contributed by atoms with van der Waals surface area (Å²) >= 11 is 1.51. The van der Waals surface area contributed by atoms with Crippen molar-refractivity contribution in [3.63, 3.8) is 0 Å². The first-order chi connectivity index (χ1) is 11.1. The molecule has 0 saturated carbocycles. The lowest BCUT2D eigenvalue weighted by atomic mass is 9.96. The van der Waals surface area contributed by atoms with E-state index in [-0.39, 0.29) is 17.1 Å². The molecule has 0 aromatic heterocycles. The van der Waals surface area contributed by atoms with Gasteiger partial charge in [0, 0.05) is 4.90 Å². The smallest absolute Gasteiger partial charge is 0.262 e. The second-order valence-corrected chi connectivity index (χ2v) is 6.44. The Morgan fingerprint density at radius 2 is 2.04 bits per heavy atom. The van der Waals surface area contributed by atoms with Gasteiger partial charge in [-0.2, -0.15) is 4.99 Å². The zero-order valence-electron chi connectivity index (χ0n) is 12.7. The molecule has 118 valence electrons. The number of thioether (sulfide) groups is 1. The van der Waals surface area contributed by atoms with E-state index in [1.54, 1.807) is 7.11 Å². The number of carbonyl (C=O) groups excluding carboxylic acids is 1. The van der Waals surface area contributed by atoms with Crippen LogP contribution in [-0.4, -0.2) is 24.2 Å². The van der Waals surface area contributed by atoms with E-state index in [4.69, 9.17) is 16.2 Å². The quantitative estimate of drug-likeness (QED) is 0.666. The standard InChI is InChI=1S/C17H17N3O2S/c1-22-11-5-2-4-10(8-11)12-6-3-7-14-13(12)9-15(23-14)16(21)20-17(18)19/h2-8,15H,9H2,1H3,(H4,18,19,20,21). The van der Waals surface area contributed by atoms with Crippen LogP contribution in [0.15, 0.2) is 52.4 Å². The molecule has 2 aromatic rings. The first-order valence-electron chi connectivity index (χ1n) is 7.15. The van der Waals surface area contributed by atoms with Gasteiger partial charge in [0.1, 0.15) is 5.75 Å². The largest absolute Gasteiger partial charge is 0.497 e. The summed E-state index contributed by atoms with van der Waals surface area (Å²) in [6.45, 7) is 0. The summed E-state index contributed by atoms with van der Waals surface area (Å²) in [5.41, 5.74) is 13.9. The summed E-state index contributed by atoms with van der Waals surface area (Å²) < 4.78 is 5.29. The Hall–Kier alpha value is -2.47. The maximum atomic E-state index is 12.1. The zero-order valence-corrected chi connectivity index (χ0v) is 13.5. The minimum absolute atomic E-state index is 0.195. The van der Waals surface area contributed by atoms with Gasteiger partial charge in [-0.3, -0.25) is 4.79 Å². The lowest BCUT2D eigenvalue weighted by Gasteiger charge is -2.09. The number of hydrogen-bond acceptors (Lipinski definition) is 3. The number of amides is 1. The molecule has 1 aliphatic heterocycles. The highest BCUT2D eigenvalue weighted by Crippen LogP contribution is 2.42. The van der Waals surface area contributed by atoms with Crippen LogP contribution in [0.4, 0.5) is 0 Å². The molecule has 0 aliphatic carbocycles. The monoisotopic (exact) mass is 327 g/mol. The SMILES string of the molecule is COc1cccc(-c2cccc3c2CC(C(=O)N=C(N)N)S3)c1. The minimum Gasteiger partial charge on any atom is -0.497 e. The Morgan fingerprint density at radius 3 is 2.78 bits per heavy atom. The van der Waals surface area contributed by atoms with Crippen LogP contribution in [0.5, 0.6) is 5.75 Å². The van der Waals surface area contributed by atoms with Crippen molar-refractivity contribution in [3.05, 3.63) is 48.0 Å². The minimum atomic E-state index is -0.289. The van der Waals surface area contributed by atoms with Gasteiger partial charge in [-0.05, 0) is 41.3 Å². The van der Waals surface area contributed by atoms with Gasteiger partial charge in [-0.25, -0.2) is 0 Å². The molecule has 0 spiro atoms. The number of methoxy groups -OCH3 is 1. The van der Waals surface area contributed by atoms with Gasteiger partial charge in [0.05, 0.1) is 12.4 Å². The Kier molecular flexibility index (Phi) is 4.25. The molecule has 1 atom stereocenters. The fourth-order valence-electron chi connectivity index (χ4n) is 2.66. The van der Waals surface area contributed by atoms with Gasteiger partial charge in [0.15, 0.2) is 5.96 Å². The number of rotatable bonds is 3. The molecular weight excluding hydrogens is 310 g/mol. The lowest BCUT2D eigenvalue weighted by Crippen LogP contribution is -2.27. The number of carbonyl (C=O) groups is 1. The van der Waals surface area contributed by atoms with Gasteiger partial charge >= 0.3 is 0 Å². The number of hydrogen-bond donors (Lipinski definition) is 2. The molecular formula is C17H17N3O2S. The molecule has 0 saturated heterocycles. The van der Waals surface area contributed by atoms with Crippen molar-refractivity contribution < 1.29 is 9.53 Å². The summed E-state index contributed by atoms with van der Waals surface area (Å²) in [6.07, 6.45) is 0.614. The molecule has 0 bridgehead atoms. The van der Waals surface area contributed by atoms with Crippen molar-refractivity contribution >= 4 is 23.6 Å². The lowest BCUT2D eigenvalue weighted by molar-refractivity contribution is -0.117. The predicted molar refractivity (Wildman–Crippen MR) is 92.6 cm³/mol. The highest BCUT2D eigenvalue weighted by molar-refractivity contribution is 8.01. The number of nitrogens with two attached hydrogens (primary N) is 2. The van der Waals surface area contributed by atoms with E-state index in [2.05, 4.69) is 11.1 Å². The highest BCUT2D eigenvalue weighted by atomic mass is 32.2. The van der Waals surface area contributed by atoms with Crippen LogP contribution < -0.4 is 16.2 Å². The molecule has 4 N–H and O–H groups in total. The fourth-order valence-corrected chi connectivity index (χ4v) is 3.87. The third-order valence-electron chi connectivity index (χ3n) is 3.69. The topological polar surface area (TPSA) is 90.7 Å². The summed E-state index contributed by atoms with van der Waals surface area (Å²) in [6, 6.07) is 14.0. The van der Waals surface area contributed by atoms with E-state index in [0.29, 0.717) is 6.42 Å². The molecule has 0 radical (unpaired) electrons. The Bertz CT molecular complexity index is 785. The summed E-state index contributed by atoms with van der Waals surface area (Å²) in [5.74, 6) is 0.321. The molecule has 5 nitrogen and oxygen atoms in total. The summed E-state index contributed by atoms with van der Waals surface area (Å²) in [5, 5.41) is -0.279. The maximum absolute atomic E-state index is 12.1. The molecule has 2 aromatic carbocycles. The molecule has 1 amide bonds. The van der Waals surface area contributed by atoms with Crippen LogP contribution in [0.25, 0.3) is 11.1 Å². The van der Waals surface area contributed by atoms with Gasteiger partial charge < -0.3 is 16.2 Å². The van der Waals surface area contributed by atoms with Gasteiger partial charge in [-0.1, -0.05) is 24.3 Å². The van der Waals surface area contributed by atoms with E-state index in [9.17, 15) is 4.79 Å². The Labute approximate surface area is 138 Å². The number of benzene rings is 2. The van der Waals surface area contributed by atoms with E-state index < -0.39 is 0 Å². The second-order valence-electron chi connectivity index (χ2n) is 5.20. The molecule has 1 heterocycles. The van der Waals surface area contributed by atoms with E-state index in [1.807, 2.05) is 36.4 Å². The van der Waals surface area contributed by atoms with Crippen LogP contribution in [0.2, 0.25) is 0 Å². The molecule has 0 fully saturated rings. The van der Waals surface area contributed by atoms with Crippen LogP contribution in [0.3, 0.4) is 0 Å². The van der Waals surface area contributed by atoms with Crippen molar-refractivity contribution in [2.45, 2.75) is 16.6 Å². The van der Waals surface area contributed by atoms with Gasteiger partial charge in [-0.15, -0.1) is 11.8 Å². The first-order valence-corrected chi connectivity index (χ1v) is 8.03. The first kappa shape index (κ1) is 15.4. The van der Waals surface area contributed by atoms with Crippen molar-refractivity contribution in [3.8, 4) is 16.9 Å². The average molecular weight is 327 g/mol. The molecule has 1 aliphatic rings. The summed E-state index contributed by atoms with van der Waals surface area (Å²) in [7, 11) is 1.65. The molecule has 6 heteroatoms. The van der Waals surface area contributed by atoms with Crippen LogP contribution in [0.1, 0.15) is 5.56 Å². The average Bonchev–Trinajstić information content (AvgIpc) is 2.98. The molecule has 3 rings (SSSR count). The van der Waals surface area contributed by atoms with Crippen molar-refractivity contribution in [2.75, 3.05) is 7.11 Å². The van der Waals surface area contributed by atoms with Gasteiger partial charge in [0.2, 0.25) is 0 Å². The second kappa shape index (κ2) is 6.34. The maximum Gasteiger partial charge on any atom is 0.262 e. The number of nitrogens with zero attached hydrogens (tertiary/aromatic N) is 1. The molecule has 1 unspecified atom stereocenters. The summed E-state index contributed by atoms with van der Waals surface area (Å²) in [4.78, 5) is 16.8. The van der Waals surface area contributed by atoms with Crippen LogP contribution >= 0.6 is 11.8 Å². The normalized spacial score (nSPS) is 15.8. The van der Waals surface area contributed by atoms with Crippen molar-refractivity contribution in [1.29, 1.82) is 0 Å². The van der Waals surface area contributed by atoms with E-state index in [1.165, 1.54) is 11.8 Å². The Morgan fingerprint density at radius 1 is 1.26 bits per heavy atom. The third-order valence-corrected chi connectivity index (χ3v) is 4.98. The van der Waals surface area contributed by atoms with Crippen LogP contribution in [0, 0.1) is 0 Å². The van der Waals surface area contributed by atoms with Gasteiger partial charge in [0.25, 0.3) is 5.91 Å². The van der Waals surface area contributed by atoms with Crippen LogP contribution in [-0.2, 0) is 11.2 Å². The van der Waals surface area contributed by atoms with Crippen molar-refractivity contribution in [1.82, 2.24) is 0 Å². The number of fused-ring (bicyclic) bond motifs is 1. The van der Waals surface area contributed by atoms with Crippen molar-refractivity contribution in [2.24, 2.45) is 16.5 Å². The molecule has 23 heavy (non-hydrogen) atoms. The number of aliphatic imine (C=N–C) groups is 1. The zero-order chi connectivity index (χ0) is 16.4. The highest BCUT2D eigenvalue weighted by Gasteiger charge is 2.30. The number of ether oxygens (including phenoxy) is 1. The van der Waals surface area contributed by atoms with E-state index >= 15 is 0 Å². The fraction of sp³-hybridized carbons (Fsp3) is 0.176.